The highest BCUT2D eigenvalue weighted by Gasteiger charge is 2.13. The Kier molecular flexibility index (Phi) is 5.59. The first-order valence-electron chi connectivity index (χ1n) is 6.77. The van der Waals surface area contributed by atoms with E-state index in [0.29, 0.717) is 29.0 Å². The lowest BCUT2D eigenvalue weighted by molar-refractivity contribution is 0.0693. The van der Waals surface area contributed by atoms with Crippen LogP contribution in [-0.4, -0.2) is 34.5 Å². The lowest BCUT2D eigenvalue weighted by atomic mass is 9.84. The Bertz CT molecular complexity index is 722. The van der Waals surface area contributed by atoms with Crippen molar-refractivity contribution in [3.8, 4) is 5.75 Å². The van der Waals surface area contributed by atoms with Crippen LogP contribution in [0.2, 0.25) is 11.5 Å². The summed E-state index contributed by atoms with van der Waals surface area (Å²) in [5, 5.41) is 21.7. The first kappa shape index (κ1) is 16.8. The van der Waals surface area contributed by atoms with Crippen molar-refractivity contribution in [3.05, 3.63) is 58.4 Å². The van der Waals surface area contributed by atoms with Gasteiger partial charge < -0.3 is 15.4 Å². The molecule has 8 heteroatoms. The predicted octanol–water partition coefficient (Wildman–Crippen LogP) is 2.15. The number of pyridine rings is 1. The van der Waals surface area contributed by atoms with Gasteiger partial charge in [0, 0.05) is 6.20 Å². The van der Waals surface area contributed by atoms with Gasteiger partial charge in [0.25, 0.3) is 0 Å². The van der Waals surface area contributed by atoms with Crippen molar-refractivity contribution >= 4 is 30.9 Å². The van der Waals surface area contributed by atoms with E-state index in [-0.39, 0.29) is 17.2 Å². The molecule has 0 unspecified atom stereocenters. The molecule has 3 N–H and O–H groups in total. The summed E-state index contributed by atoms with van der Waals surface area (Å²) >= 11 is 5.64. The molecular weight excluding hydrogens is 318 g/mol. The molecule has 23 heavy (non-hydrogen) atoms. The van der Waals surface area contributed by atoms with Crippen LogP contribution in [0.25, 0.3) is 0 Å². The molecule has 1 radical (unpaired) electrons. The van der Waals surface area contributed by atoms with Gasteiger partial charge in [-0.1, -0.05) is 30.1 Å². The highest BCUT2D eigenvalue weighted by atomic mass is 35.5. The summed E-state index contributed by atoms with van der Waals surface area (Å²) in [4.78, 5) is 26.6. The van der Waals surface area contributed by atoms with Gasteiger partial charge in [0.15, 0.2) is 0 Å². The van der Waals surface area contributed by atoms with Crippen LogP contribution in [-0.2, 0) is 6.42 Å². The Morgan fingerprint density at radius 2 is 2.04 bits per heavy atom. The summed E-state index contributed by atoms with van der Waals surface area (Å²) in [5.74, 6) is -1.75. The van der Waals surface area contributed by atoms with Gasteiger partial charge in [-0.3, -0.25) is 4.79 Å². The number of phenols is 1. The number of aromatic carboxylic acids is 1. The molecule has 0 fully saturated rings. The van der Waals surface area contributed by atoms with Crippen molar-refractivity contribution in [2.45, 2.75) is 12.7 Å². The van der Waals surface area contributed by atoms with Crippen LogP contribution in [0.1, 0.15) is 26.3 Å². The molecule has 0 atom stereocenters. The van der Waals surface area contributed by atoms with Crippen molar-refractivity contribution in [1.82, 2.24) is 10.2 Å². The number of carbonyl (C=O) groups is 2. The summed E-state index contributed by atoms with van der Waals surface area (Å²) in [7, 11) is 1.55. The van der Waals surface area contributed by atoms with E-state index in [2.05, 4.69) is 10.2 Å². The van der Waals surface area contributed by atoms with E-state index >= 15 is 0 Å². The van der Waals surface area contributed by atoms with Crippen LogP contribution in [0.4, 0.5) is 0 Å². The molecule has 0 aliphatic carbocycles. The van der Waals surface area contributed by atoms with Crippen molar-refractivity contribution < 1.29 is 19.8 Å². The largest absolute Gasteiger partial charge is 0.507 e. The minimum Gasteiger partial charge on any atom is -0.507 e. The summed E-state index contributed by atoms with van der Waals surface area (Å²) in [6.45, 7) is 0. The van der Waals surface area contributed by atoms with Crippen LogP contribution in [0.3, 0.4) is 0 Å². The third kappa shape index (κ3) is 4.47. The molecule has 1 aromatic heterocycles. The Labute approximate surface area is 138 Å². The molecule has 0 saturated carbocycles. The van der Waals surface area contributed by atoms with Crippen LogP contribution >= 0.6 is 11.6 Å². The van der Waals surface area contributed by atoms with Crippen LogP contribution in [0, 0.1) is 0 Å². The summed E-state index contributed by atoms with van der Waals surface area (Å²) in [5.41, 5.74) is 0.740. The topological polar surface area (TPSA) is 99.5 Å². The van der Waals surface area contributed by atoms with Gasteiger partial charge in [-0.15, -0.1) is 0 Å². The number of hydrogen-bond acceptors (Lipinski definition) is 4. The number of hydrogen-bond donors (Lipinski definition) is 3. The SMILES string of the molecule is O=C(N[B]CCc1cccc(C(=O)O)c1O)c1ccc(Cl)nc1. The van der Waals surface area contributed by atoms with E-state index in [1.807, 2.05) is 0 Å². The molecular formula is C15H13BClN2O4. The maximum atomic E-state index is 11.8. The van der Waals surface area contributed by atoms with Gasteiger partial charge in [-0.2, -0.15) is 0 Å². The van der Waals surface area contributed by atoms with E-state index in [1.54, 1.807) is 25.6 Å². The standard InChI is InChI=1S/C15H13BClN2O4/c17-12-5-4-10(8-18-12)14(21)19-16-7-6-9-2-1-3-11(13(9)20)15(22)23/h1-5,8,20H,6-7H2,(H,19,21)(H,22,23). The normalized spacial score (nSPS) is 10.1. The number of nitrogens with one attached hydrogen (secondary N) is 1. The second kappa shape index (κ2) is 7.64. The van der Waals surface area contributed by atoms with Crippen LogP contribution in [0.15, 0.2) is 36.5 Å². The monoisotopic (exact) mass is 331 g/mol. The zero-order valence-electron chi connectivity index (χ0n) is 12.0. The van der Waals surface area contributed by atoms with Gasteiger partial charge in [0.2, 0.25) is 13.3 Å². The molecule has 1 heterocycles. The molecule has 1 amide bonds. The zero-order valence-corrected chi connectivity index (χ0v) is 12.7. The number of carbonyl (C=O) groups excluding carboxylic acids is 1. The van der Waals surface area contributed by atoms with E-state index in [0.717, 1.165) is 0 Å². The highest BCUT2D eigenvalue weighted by Crippen LogP contribution is 2.23. The molecule has 1 aromatic carbocycles. The number of carboxylic acid groups (broad SMARTS) is 1. The Morgan fingerprint density at radius 1 is 1.26 bits per heavy atom. The second-order valence-corrected chi connectivity index (χ2v) is 5.09. The summed E-state index contributed by atoms with van der Waals surface area (Å²) in [6, 6.07) is 7.61. The average molecular weight is 332 g/mol. The average Bonchev–Trinajstić information content (AvgIpc) is 2.53. The van der Waals surface area contributed by atoms with Crippen LogP contribution < -0.4 is 5.23 Å². The van der Waals surface area contributed by atoms with Crippen molar-refractivity contribution in [2.75, 3.05) is 0 Å². The minimum absolute atomic E-state index is 0.140. The number of para-hydroxylation sites is 1. The number of amides is 1. The van der Waals surface area contributed by atoms with Crippen LogP contribution in [0.5, 0.6) is 5.75 Å². The summed E-state index contributed by atoms with van der Waals surface area (Å²) in [6.07, 6.45) is 2.20. The van der Waals surface area contributed by atoms with Gasteiger partial charge in [0.05, 0.1) is 5.56 Å². The molecule has 117 valence electrons. The van der Waals surface area contributed by atoms with E-state index in [1.165, 1.54) is 18.3 Å². The third-order valence-corrected chi connectivity index (χ3v) is 3.35. The minimum atomic E-state index is -1.18. The van der Waals surface area contributed by atoms with Gasteiger partial charge >= 0.3 is 5.97 Å². The molecule has 0 aliphatic heterocycles. The molecule has 0 aliphatic rings. The fraction of sp³-hybridized carbons (Fsp3) is 0.133. The number of benzene rings is 1. The van der Waals surface area contributed by atoms with E-state index in [4.69, 9.17) is 16.7 Å². The number of halogens is 1. The van der Waals surface area contributed by atoms with E-state index < -0.39 is 5.97 Å². The van der Waals surface area contributed by atoms with Gasteiger partial charge in [-0.25, -0.2) is 9.78 Å². The Morgan fingerprint density at radius 3 is 2.70 bits per heavy atom. The van der Waals surface area contributed by atoms with Crippen molar-refractivity contribution in [1.29, 1.82) is 0 Å². The smallest absolute Gasteiger partial charge is 0.339 e. The predicted molar refractivity (Wildman–Crippen MR) is 86.0 cm³/mol. The lowest BCUT2D eigenvalue weighted by Crippen LogP contribution is -2.27. The van der Waals surface area contributed by atoms with Crippen molar-refractivity contribution in [2.24, 2.45) is 0 Å². The molecule has 0 saturated heterocycles. The maximum absolute atomic E-state index is 11.8. The first-order valence-corrected chi connectivity index (χ1v) is 7.15. The Balaban J connectivity index is 1.86. The number of aryl methyl sites for hydroxylation is 1. The molecule has 2 rings (SSSR count). The zero-order chi connectivity index (χ0) is 16.8. The maximum Gasteiger partial charge on any atom is 0.339 e. The van der Waals surface area contributed by atoms with Gasteiger partial charge in [0.1, 0.15) is 16.5 Å². The molecule has 0 spiro atoms. The van der Waals surface area contributed by atoms with Crippen molar-refractivity contribution in [3.63, 3.8) is 0 Å². The van der Waals surface area contributed by atoms with Gasteiger partial charge in [-0.05, 0) is 30.2 Å². The molecule has 6 nitrogen and oxygen atoms in total. The fourth-order valence-corrected chi connectivity index (χ4v) is 2.06. The summed E-state index contributed by atoms with van der Waals surface area (Å²) < 4.78 is 0. The number of rotatable bonds is 6. The Hall–Kier alpha value is -2.54. The lowest BCUT2D eigenvalue weighted by Gasteiger charge is -2.07. The third-order valence-electron chi connectivity index (χ3n) is 3.13. The highest BCUT2D eigenvalue weighted by molar-refractivity contribution is 6.38. The van der Waals surface area contributed by atoms with E-state index in [9.17, 15) is 14.7 Å². The molecule has 2 aromatic rings. The number of aromatic nitrogens is 1. The quantitative estimate of drug-likeness (QED) is 0.428. The first-order chi connectivity index (χ1) is 11.0. The fourth-order valence-electron chi connectivity index (χ4n) is 1.95. The second-order valence-electron chi connectivity index (χ2n) is 4.70. The molecule has 0 bridgehead atoms. The number of carboxylic acids is 1. The number of nitrogens with zero attached hydrogens (tertiary/aromatic N) is 1. The number of aromatic hydroxyl groups is 1.